The van der Waals surface area contributed by atoms with Gasteiger partial charge in [0.2, 0.25) is 0 Å². The molecule has 0 atom stereocenters. The van der Waals surface area contributed by atoms with Crippen LogP contribution in [0.5, 0.6) is 5.75 Å². The van der Waals surface area contributed by atoms with Crippen LogP contribution in [0.3, 0.4) is 0 Å². The molecule has 0 fully saturated rings. The van der Waals surface area contributed by atoms with E-state index >= 15 is 0 Å². The Morgan fingerprint density at radius 3 is 2.56 bits per heavy atom. The van der Waals surface area contributed by atoms with E-state index in [0.717, 1.165) is 0 Å². The predicted molar refractivity (Wildman–Crippen MR) is 70.4 cm³/mol. The van der Waals surface area contributed by atoms with Crippen molar-refractivity contribution < 1.29 is 14.3 Å². The molecule has 0 aliphatic carbocycles. The van der Waals surface area contributed by atoms with Gasteiger partial charge in [0.15, 0.2) is 10.9 Å². The quantitative estimate of drug-likeness (QED) is 0.776. The van der Waals surface area contributed by atoms with Gasteiger partial charge in [0.05, 0.1) is 12.8 Å². The Balaban J connectivity index is 3.00. The van der Waals surface area contributed by atoms with E-state index in [1.165, 1.54) is 18.2 Å². The highest BCUT2D eigenvalue weighted by Gasteiger charge is 2.23. The van der Waals surface area contributed by atoms with Gasteiger partial charge in [0.25, 0.3) is 0 Å². The van der Waals surface area contributed by atoms with Crippen LogP contribution >= 0.6 is 11.6 Å². The molecular weight excluding hydrogens is 256 g/mol. The van der Waals surface area contributed by atoms with E-state index in [2.05, 4.69) is 4.98 Å². The van der Waals surface area contributed by atoms with Gasteiger partial charge in [0.1, 0.15) is 5.60 Å². The molecule has 1 heterocycles. The first-order valence-electron chi connectivity index (χ1n) is 5.41. The average Bonchev–Trinajstić information content (AvgIpc) is 2.25. The number of pyridine rings is 1. The van der Waals surface area contributed by atoms with Crippen LogP contribution in [0.25, 0.3) is 0 Å². The van der Waals surface area contributed by atoms with Crippen molar-refractivity contribution in [3.05, 3.63) is 17.4 Å². The maximum atomic E-state index is 11.9. The lowest BCUT2D eigenvalue weighted by Gasteiger charge is -2.25. The smallest absolute Gasteiger partial charge is 0.414 e. The van der Waals surface area contributed by atoms with Crippen LogP contribution in [0.15, 0.2) is 12.3 Å². The van der Waals surface area contributed by atoms with Crippen LogP contribution in [0.4, 0.5) is 10.5 Å². The zero-order valence-electron chi connectivity index (χ0n) is 11.2. The zero-order chi connectivity index (χ0) is 13.9. The fourth-order valence-electron chi connectivity index (χ4n) is 1.29. The van der Waals surface area contributed by atoms with Crippen molar-refractivity contribution in [2.45, 2.75) is 26.4 Å². The highest BCUT2D eigenvalue weighted by molar-refractivity contribution is 6.31. The van der Waals surface area contributed by atoms with Gasteiger partial charge in [-0.2, -0.15) is 0 Å². The van der Waals surface area contributed by atoms with Gasteiger partial charge in [-0.05, 0) is 26.8 Å². The third-order valence-corrected chi connectivity index (χ3v) is 2.34. The monoisotopic (exact) mass is 272 g/mol. The number of carbonyl (C=O) groups is 1. The number of ether oxygens (including phenoxy) is 2. The fraction of sp³-hybridized carbons (Fsp3) is 0.500. The predicted octanol–water partition coefficient (Wildman–Crippen LogP) is 3.11. The summed E-state index contributed by atoms with van der Waals surface area (Å²) in [5, 5.41) is 0.199. The number of methoxy groups -OCH3 is 1. The maximum Gasteiger partial charge on any atom is 0.414 e. The lowest BCUT2D eigenvalue weighted by Crippen LogP contribution is -2.34. The number of anilines is 1. The molecule has 0 spiro atoms. The molecule has 0 saturated heterocycles. The van der Waals surface area contributed by atoms with E-state index in [0.29, 0.717) is 11.4 Å². The first kappa shape index (κ1) is 14.6. The van der Waals surface area contributed by atoms with Gasteiger partial charge in [-0.15, -0.1) is 0 Å². The van der Waals surface area contributed by atoms with Crippen molar-refractivity contribution in [3.8, 4) is 5.75 Å². The van der Waals surface area contributed by atoms with Crippen LogP contribution in [0.2, 0.25) is 5.15 Å². The third-order valence-electron chi connectivity index (χ3n) is 2.07. The molecule has 0 aliphatic rings. The minimum Gasteiger partial charge on any atom is -0.491 e. The molecular formula is C12H17ClN2O3. The molecule has 18 heavy (non-hydrogen) atoms. The number of aromatic nitrogens is 1. The molecule has 6 heteroatoms. The largest absolute Gasteiger partial charge is 0.491 e. The zero-order valence-corrected chi connectivity index (χ0v) is 11.9. The molecule has 1 aromatic heterocycles. The lowest BCUT2D eigenvalue weighted by atomic mass is 10.2. The van der Waals surface area contributed by atoms with Crippen molar-refractivity contribution in [1.29, 1.82) is 0 Å². The highest BCUT2D eigenvalue weighted by atomic mass is 35.5. The summed E-state index contributed by atoms with van der Waals surface area (Å²) in [6.45, 7) is 5.40. The summed E-state index contributed by atoms with van der Waals surface area (Å²) in [6, 6.07) is 1.63. The van der Waals surface area contributed by atoms with Crippen LogP contribution in [0, 0.1) is 0 Å². The summed E-state index contributed by atoms with van der Waals surface area (Å²) in [4.78, 5) is 17.1. The van der Waals surface area contributed by atoms with Gasteiger partial charge in [-0.3, -0.25) is 4.90 Å². The number of nitrogens with zero attached hydrogens (tertiary/aromatic N) is 2. The van der Waals surface area contributed by atoms with Crippen molar-refractivity contribution in [1.82, 2.24) is 4.98 Å². The number of hydrogen-bond donors (Lipinski definition) is 0. The molecule has 0 saturated carbocycles. The highest BCUT2D eigenvalue weighted by Crippen LogP contribution is 2.33. The molecule has 100 valence electrons. The van der Waals surface area contributed by atoms with Gasteiger partial charge in [-0.1, -0.05) is 11.6 Å². The molecule has 0 unspecified atom stereocenters. The van der Waals surface area contributed by atoms with Crippen LogP contribution in [-0.2, 0) is 4.74 Å². The summed E-state index contributed by atoms with van der Waals surface area (Å²) in [6.07, 6.45) is 1.02. The lowest BCUT2D eigenvalue weighted by molar-refractivity contribution is 0.0588. The molecule has 1 aromatic rings. The molecule has 0 aromatic carbocycles. The Morgan fingerprint density at radius 1 is 1.44 bits per heavy atom. The second-order valence-corrected chi connectivity index (χ2v) is 5.05. The van der Waals surface area contributed by atoms with E-state index in [1.54, 1.807) is 33.9 Å². The summed E-state index contributed by atoms with van der Waals surface area (Å²) < 4.78 is 10.4. The van der Waals surface area contributed by atoms with E-state index in [-0.39, 0.29) is 5.15 Å². The van der Waals surface area contributed by atoms with Gasteiger partial charge in [-0.25, -0.2) is 9.78 Å². The number of amides is 1. The summed E-state index contributed by atoms with van der Waals surface area (Å²) >= 11 is 5.90. The molecule has 0 radical (unpaired) electrons. The fourth-order valence-corrected chi connectivity index (χ4v) is 1.53. The first-order valence-corrected chi connectivity index (χ1v) is 5.79. The van der Waals surface area contributed by atoms with Crippen molar-refractivity contribution in [2.24, 2.45) is 0 Å². The van der Waals surface area contributed by atoms with Crippen LogP contribution in [0.1, 0.15) is 20.8 Å². The van der Waals surface area contributed by atoms with Crippen molar-refractivity contribution >= 4 is 23.4 Å². The summed E-state index contributed by atoms with van der Waals surface area (Å²) in [5.74, 6) is 0.340. The molecule has 0 bridgehead atoms. The SMILES string of the molecule is COc1c(N(C)C(=O)OC(C)(C)C)ccnc1Cl. The Kier molecular flexibility index (Phi) is 4.40. The second-order valence-electron chi connectivity index (χ2n) is 4.69. The molecule has 0 N–H and O–H groups in total. The average molecular weight is 273 g/mol. The van der Waals surface area contributed by atoms with E-state index in [1.807, 2.05) is 0 Å². The van der Waals surface area contributed by atoms with Crippen molar-refractivity contribution in [2.75, 3.05) is 19.1 Å². The van der Waals surface area contributed by atoms with Crippen LogP contribution < -0.4 is 9.64 Å². The minimum atomic E-state index is -0.560. The van der Waals surface area contributed by atoms with Gasteiger partial charge < -0.3 is 9.47 Å². The molecule has 0 aliphatic heterocycles. The van der Waals surface area contributed by atoms with E-state index in [4.69, 9.17) is 21.1 Å². The topological polar surface area (TPSA) is 51.7 Å². The minimum absolute atomic E-state index is 0.199. The molecule has 5 nitrogen and oxygen atoms in total. The summed E-state index contributed by atoms with van der Waals surface area (Å²) in [7, 11) is 3.05. The summed E-state index contributed by atoms with van der Waals surface area (Å²) in [5.41, 5.74) is -0.0539. The van der Waals surface area contributed by atoms with Crippen molar-refractivity contribution in [3.63, 3.8) is 0 Å². The second kappa shape index (κ2) is 5.44. The number of halogens is 1. The Hall–Kier alpha value is -1.49. The normalized spacial score (nSPS) is 11.0. The number of carbonyl (C=O) groups excluding carboxylic acids is 1. The first-order chi connectivity index (χ1) is 8.26. The van der Waals surface area contributed by atoms with Crippen LogP contribution in [-0.4, -0.2) is 30.8 Å². The molecule has 1 amide bonds. The standard InChI is InChI=1S/C12H17ClN2O3/c1-12(2,3)18-11(16)15(4)8-6-7-14-10(13)9(8)17-5/h6-7H,1-5H3. The maximum absolute atomic E-state index is 11.9. The van der Waals surface area contributed by atoms with Gasteiger partial charge >= 0.3 is 6.09 Å². The van der Waals surface area contributed by atoms with E-state index < -0.39 is 11.7 Å². The number of hydrogen-bond acceptors (Lipinski definition) is 4. The third kappa shape index (κ3) is 3.50. The number of rotatable bonds is 2. The van der Waals surface area contributed by atoms with Gasteiger partial charge in [0, 0.05) is 13.2 Å². The Labute approximate surface area is 112 Å². The van der Waals surface area contributed by atoms with E-state index in [9.17, 15) is 4.79 Å². The Morgan fingerprint density at radius 2 is 2.06 bits per heavy atom. The Bertz CT molecular complexity index is 443. The molecule has 1 rings (SSSR count).